The van der Waals surface area contributed by atoms with Crippen molar-refractivity contribution in [3.05, 3.63) is 25.7 Å². The zero-order valence-corrected chi connectivity index (χ0v) is 7.69. The maximum absolute atomic E-state index is 11.1. The smallest absolute Gasteiger partial charge is 0.332 e. The largest absolute Gasteiger partial charge is 0.434 e. The fourth-order valence-corrected chi connectivity index (χ4v) is 0.729. The van der Waals surface area contributed by atoms with Crippen molar-refractivity contribution in [3.8, 4) is 0 Å². The molecule has 0 rings (SSSR count). The quantitative estimate of drug-likeness (QED) is 0.367. The average Bonchev–Trinajstić information content (AvgIpc) is 2.04. The molecule has 0 radical (unpaired) electrons. The van der Waals surface area contributed by atoms with E-state index in [4.69, 9.17) is 0 Å². The maximum Gasteiger partial charge on any atom is 0.332 e. The lowest BCUT2D eigenvalue weighted by atomic mass is 10.1. The third-order valence-corrected chi connectivity index (χ3v) is 1.28. The van der Waals surface area contributed by atoms with Crippen LogP contribution >= 0.6 is 0 Å². The third kappa shape index (κ3) is 3.22. The molecule has 0 aliphatic rings. The molecular formula is C9H10O5. The van der Waals surface area contributed by atoms with Crippen LogP contribution in [0.2, 0.25) is 0 Å². The molecule has 0 fully saturated rings. The minimum Gasteiger partial charge on any atom is -0.434 e. The van der Waals surface area contributed by atoms with E-state index in [0.717, 1.165) is 19.4 Å². The van der Waals surface area contributed by atoms with Gasteiger partial charge < -0.3 is 9.47 Å². The summed E-state index contributed by atoms with van der Waals surface area (Å²) in [6.07, 6.45) is 1.67. The second-order valence-corrected chi connectivity index (χ2v) is 2.25. The summed E-state index contributed by atoms with van der Waals surface area (Å²) in [5, 5.41) is 0. The molecule has 76 valence electrons. The SMILES string of the molecule is C=COC(=O)C(C(C)=O)C(=O)OC=C. The minimum absolute atomic E-state index is 0.663. The lowest BCUT2D eigenvalue weighted by Crippen LogP contribution is -2.31. The standard InChI is InChI=1S/C9H10O5/c1-4-13-8(11)7(6(3)10)9(12)14-5-2/h4-5,7H,1-2H2,3H3. The van der Waals surface area contributed by atoms with Crippen LogP contribution in [-0.2, 0) is 23.9 Å². The van der Waals surface area contributed by atoms with E-state index in [-0.39, 0.29) is 0 Å². The van der Waals surface area contributed by atoms with Gasteiger partial charge in [0.25, 0.3) is 0 Å². The zero-order chi connectivity index (χ0) is 11.1. The summed E-state index contributed by atoms with van der Waals surface area (Å²) in [5.74, 6) is -4.27. The fraction of sp³-hybridized carbons (Fsp3) is 0.222. The number of hydrogen-bond donors (Lipinski definition) is 0. The average molecular weight is 198 g/mol. The molecule has 0 aromatic carbocycles. The summed E-state index contributed by atoms with van der Waals surface area (Å²) in [6.45, 7) is 7.32. The van der Waals surface area contributed by atoms with Gasteiger partial charge >= 0.3 is 11.9 Å². The predicted octanol–water partition coefficient (Wildman–Crippen LogP) is 0.565. The molecule has 0 saturated heterocycles. The van der Waals surface area contributed by atoms with E-state index in [2.05, 4.69) is 22.6 Å². The molecular weight excluding hydrogens is 188 g/mol. The highest BCUT2D eigenvalue weighted by Gasteiger charge is 2.33. The number of carbonyl (C=O) groups is 3. The van der Waals surface area contributed by atoms with Gasteiger partial charge in [0.15, 0.2) is 5.78 Å². The van der Waals surface area contributed by atoms with E-state index in [9.17, 15) is 14.4 Å². The maximum atomic E-state index is 11.1. The minimum atomic E-state index is -1.58. The summed E-state index contributed by atoms with van der Waals surface area (Å²) in [7, 11) is 0. The Morgan fingerprint density at radius 3 is 1.64 bits per heavy atom. The summed E-state index contributed by atoms with van der Waals surface area (Å²) in [4.78, 5) is 33.0. The number of rotatable bonds is 5. The Morgan fingerprint density at radius 2 is 1.43 bits per heavy atom. The van der Waals surface area contributed by atoms with Gasteiger partial charge in [-0.2, -0.15) is 0 Å². The van der Waals surface area contributed by atoms with Crippen molar-refractivity contribution in [2.75, 3.05) is 0 Å². The van der Waals surface area contributed by atoms with Crippen molar-refractivity contribution in [1.82, 2.24) is 0 Å². The number of carbonyl (C=O) groups excluding carboxylic acids is 3. The van der Waals surface area contributed by atoms with Crippen LogP contribution < -0.4 is 0 Å². The predicted molar refractivity (Wildman–Crippen MR) is 46.7 cm³/mol. The van der Waals surface area contributed by atoms with Crippen LogP contribution in [0.25, 0.3) is 0 Å². The number of ketones is 1. The van der Waals surface area contributed by atoms with Crippen molar-refractivity contribution in [1.29, 1.82) is 0 Å². The second kappa shape index (κ2) is 5.69. The van der Waals surface area contributed by atoms with E-state index < -0.39 is 23.6 Å². The van der Waals surface area contributed by atoms with Crippen molar-refractivity contribution in [2.45, 2.75) is 6.92 Å². The normalized spacial score (nSPS) is 9.00. The Bertz CT molecular complexity index is 257. The van der Waals surface area contributed by atoms with E-state index in [1.165, 1.54) is 0 Å². The van der Waals surface area contributed by atoms with Crippen LogP contribution in [0.5, 0.6) is 0 Å². The van der Waals surface area contributed by atoms with E-state index in [0.29, 0.717) is 0 Å². The summed E-state index contributed by atoms with van der Waals surface area (Å²) < 4.78 is 8.60. The molecule has 0 saturated carbocycles. The van der Waals surface area contributed by atoms with E-state index >= 15 is 0 Å². The summed E-state index contributed by atoms with van der Waals surface area (Å²) in [6, 6.07) is 0. The van der Waals surface area contributed by atoms with Crippen molar-refractivity contribution in [2.24, 2.45) is 5.92 Å². The highest BCUT2D eigenvalue weighted by atomic mass is 16.5. The van der Waals surface area contributed by atoms with Gasteiger partial charge in [-0.1, -0.05) is 13.2 Å². The van der Waals surface area contributed by atoms with Gasteiger partial charge in [0, 0.05) is 0 Å². The molecule has 5 heteroatoms. The molecule has 0 amide bonds. The zero-order valence-electron chi connectivity index (χ0n) is 7.69. The Labute approximate surface area is 81.0 Å². The monoisotopic (exact) mass is 198 g/mol. The van der Waals surface area contributed by atoms with Gasteiger partial charge in [-0.25, -0.2) is 0 Å². The number of esters is 2. The molecule has 0 unspecified atom stereocenters. The molecule has 0 aliphatic heterocycles. The first-order chi connectivity index (χ1) is 6.54. The first-order valence-electron chi connectivity index (χ1n) is 3.67. The molecule has 0 heterocycles. The number of ether oxygens (including phenoxy) is 2. The second-order valence-electron chi connectivity index (χ2n) is 2.25. The first-order valence-corrected chi connectivity index (χ1v) is 3.67. The lowest BCUT2D eigenvalue weighted by Gasteiger charge is -2.08. The number of Topliss-reactive ketones (excluding diaryl/α,β-unsaturated/α-hetero) is 1. The summed E-state index contributed by atoms with van der Waals surface area (Å²) >= 11 is 0. The van der Waals surface area contributed by atoms with Gasteiger partial charge in [-0.15, -0.1) is 0 Å². The lowest BCUT2D eigenvalue weighted by molar-refractivity contribution is -0.158. The van der Waals surface area contributed by atoms with Gasteiger partial charge in [0.05, 0.1) is 12.5 Å². The highest BCUT2D eigenvalue weighted by molar-refractivity contribution is 6.14. The molecule has 0 spiro atoms. The van der Waals surface area contributed by atoms with E-state index in [1.807, 2.05) is 0 Å². The topological polar surface area (TPSA) is 69.7 Å². The van der Waals surface area contributed by atoms with E-state index in [1.54, 1.807) is 0 Å². The molecule has 0 atom stereocenters. The molecule has 5 nitrogen and oxygen atoms in total. The number of hydrogen-bond acceptors (Lipinski definition) is 5. The molecule has 0 bridgehead atoms. The van der Waals surface area contributed by atoms with Crippen LogP contribution in [0.15, 0.2) is 25.7 Å². The Kier molecular flexibility index (Phi) is 4.91. The Morgan fingerprint density at radius 1 is 1.07 bits per heavy atom. The van der Waals surface area contributed by atoms with Crippen molar-refractivity contribution < 1.29 is 23.9 Å². The van der Waals surface area contributed by atoms with Crippen LogP contribution in [0.1, 0.15) is 6.92 Å². The molecule has 14 heavy (non-hydrogen) atoms. The van der Waals surface area contributed by atoms with Crippen LogP contribution in [-0.4, -0.2) is 17.7 Å². The first kappa shape index (κ1) is 12.1. The van der Waals surface area contributed by atoms with Gasteiger partial charge in [-0.3, -0.25) is 14.4 Å². The molecule has 0 N–H and O–H groups in total. The van der Waals surface area contributed by atoms with Crippen LogP contribution in [0.3, 0.4) is 0 Å². The van der Waals surface area contributed by atoms with Gasteiger partial charge in [0.2, 0.25) is 5.92 Å². The molecule has 0 aromatic rings. The van der Waals surface area contributed by atoms with Gasteiger partial charge in [0.1, 0.15) is 0 Å². The highest BCUT2D eigenvalue weighted by Crippen LogP contribution is 2.05. The van der Waals surface area contributed by atoms with Gasteiger partial charge in [-0.05, 0) is 6.92 Å². The Balaban J connectivity index is 4.66. The molecule has 0 aliphatic carbocycles. The Hall–Kier alpha value is -1.91. The van der Waals surface area contributed by atoms with Crippen molar-refractivity contribution in [3.63, 3.8) is 0 Å². The van der Waals surface area contributed by atoms with Crippen LogP contribution in [0, 0.1) is 5.92 Å². The summed E-state index contributed by atoms with van der Waals surface area (Å²) in [5.41, 5.74) is 0. The molecule has 0 aromatic heterocycles. The van der Waals surface area contributed by atoms with Crippen molar-refractivity contribution >= 4 is 17.7 Å². The third-order valence-electron chi connectivity index (χ3n) is 1.28. The van der Waals surface area contributed by atoms with Crippen LogP contribution in [0.4, 0.5) is 0 Å². The fourth-order valence-electron chi connectivity index (χ4n) is 0.729.